The summed E-state index contributed by atoms with van der Waals surface area (Å²) in [7, 11) is 0. The van der Waals surface area contributed by atoms with Crippen LogP contribution in [-0.2, 0) is 9.53 Å². The number of alkyl carbamates (subject to hydrolysis) is 1. The molecule has 0 radical (unpaired) electrons. The van der Waals surface area contributed by atoms with Crippen LogP contribution in [0.2, 0.25) is 0 Å². The molecule has 0 aliphatic rings. The number of nitrogens with one attached hydrogen (secondary N) is 1. The van der Waals surface area contributed by atoms with E-state index in [0.29, 0.717) is 0 Å². The Kier molecular flexibility index (Phi) is 5.05. The summed E-state index contributed by atoms with van der Waals surface area (Å²) in [6, 6.07) is -0.544. The molecule has 0 aromatic rings. The van der Waals surface area contributed by atoms with E-state index in [-0.39, 0.29) is 12.2 Å². The van der Waals surface area contributed by atoms with Crippen LogP contribution in [0.5, 0.6) is 0 Å². The van der Waals surface area contributed by atoms with Gasteiger partial charge < -0.3 is 10.1 Å². The molecule has 0 saturated heterocycles. The molecule has 86 valence electrons. The summed E-state index contributed by atoms with van der Waals surface area (Å²) < 4.78 is 5.01. The summed E-state index contributed by atoms with van der Waals surface area (Å²) in [5, 5.41) is 2.46. The Morgan fingerprint density at radius 3 is 2.40 bits per heavy atom. The Labute approximate surface area is 90.7 Å². The molecule has 0 aromatic heterocycles. The molecule has 1 atom stereocenters. The van der Waals surface area contributed by atoms with E-state index in [4.69, 9.17) is 4.74 Å². The van der Waals surface area contributed by atoms with Crippen molar-refractivity contribution in [2.75, 3.05) is 0 Å². The fraction of sp³-hybridized carbons (Fsp3) is 0.636. The van der Waals surface area contributed by atoms with Crippen LogP contribution < -0.4 is 5.32 Å². The number of amides is 1. The third-order valence-electron chi connectivity index (χ3n) is 1.56. The summed E-state index contributed by atoms with van der Waals surface area (Å²) in [6.07, 6.45) is 1.18. The van der Waals surface area contributed by atoms with E-state index >= 15 is 0 Å². The van der Waals surface area contributed by atoms with Gasteiger partial charge in [-0.2, -0.15) is 0 Å². The molecule has 0 aliphatic heterocycles. The normalized spacial score (nSPS) is 12.8. The van der Waals surface area contributed by atoms with Crippen molar-refractivity contribution in [1.82, 2.24) is 5.32 Å². The van der Waals surface area contributed by atoms with Gasteiger partial charge in [0.1, 0.15) is 5.60 Å². The maximum Gasteiger partial charge on any atom is 0.408 e. The highest BCUT2D eigenvalue weighted by Gasteiger charge is 2.19. The Morgan fingerprint density at radius 1 is 1.47 bits per heavy atom. The first kappa shape index (κ1) is 13.7. The molecule has 0 aromatic carbocycles. The summed E-state index contributed by atoms with van der Waals surface area (Å²) in [5.41, 5.74) is -0.550. The number of Topliss-reactive ketones (excluding diaryl/α,β-unsaturated/α-hetero) is 1. The fourth-order valence-corrected chi connectivity index (χ4v) is 0.884. The molecule has 0 saturated carbocycles. The fourth-order valence-electron chi connectivity index (χ4n) is 0.884. The third kappa shape index (κ3) is 6.71. The molecule has 0 heterocycles. The highest BCUT2D eigenvalue weighted by atomic mass is 16.6. The summed E-state index contributed by atoms with van der Waals surface area (Å²) in [5.74, 6) is -0.0872. The average molecular weight is 213 g/mol. The van der Waals surface area contributed by atoms with Crippen LogP contribution in [0.15, 0.2) is 12.7 Å². The quantitative estimate of drug-likeness (QED) is 0.727. The average Bonchev–Trinajstić information content (AvgIpc) is 2.00. The second-order valence-electron chi connectivity index (χ2n) is 4.33. The smallest absolute Gasteiger partial charge is 0.408 e. The van der Waals surface area contributed by atoms with Crippen molar-refractivity contribution in [1.29, 1.82) is 0 Å². The zero-order chi connectivity index (χ0) is 12.1. The standard InChI is InChI=1S/C11H19NO3/c1-6-7-9(13)8(2)12-10(14)15-11(3,4)5/h6,8H,1,7H2,2-5H3,(H,12,14). The lowest BCUT2D eigenvalue weighted by molar-refractivity contribution is -0.119. The van der Waals surface area contributed by atoms with Crippen LogP contribution in [0.1, 0.15) is 34.1 Å². The van der Waals surface area contributed by atoms with E-state index in [1.165, 1.54) is 6.08 Å². The first-order valence-electron chi connectivity index (χ1n) is 4.89. The van der Waals surface area contributed by atoms with Gasteiger partial charge in [0.05, 0.1) is 6.04 Å². The van der Waals surface area contributed by atoms with E-state index in [1.807, 2.05) is 0 Å². The van der Waals surface area contributed by atoms with E-state index in [1.54, 1.807) is 27.7 Å². The lowest BCUT2D eigenvalue weighted by Gasteiger charge is -2.21. The van der Waals surface area contributed by atoms with Gasteiger partial charge in [-0.15, -0.1) is 6.58 Å². The highest BCUT2D eigenvalue weighted by Crippen LogP contribution is 2.06. The summed E-state index contributed by atoms with van der Waals surface area (Å²) in [4.78, 5) is 22.6. The van der Waals surface area contributed by atoms with Crippen LogP contribution in [0.4, 0.5) is 4.79 Å². The molecule has 1 amide bonds. The summed E-state index contributed by atoms with van der Waals surface area (Å²) in [6.45, 7) is 10.4. The van der Waals surface area contributed by atoms with Gasteiger partial charge in [-0.1, -0.05) is 6.08 Å². The number of hydrogen-bond donors (Lipinski definition) is 1. The van der Waals surface area contributed by atoms with E-state index in [0.717, 1.165) is 0 Å². The van der Waals surface area contributed by atoms with Gasteiger partial charge in [-0.3, -0.25) is 4.79 Å². The van der Waals surface area contributed by atoms with Crippen molar-refractivity contribution in [3.8, 4) is 0 Å². The molecule has 0 bridgehead atoms. The van der Waals surface area contributed by atoms with Gasteiger partial charge >= 0.3 is 6.09 Å². The number of rotatable bonds is 4. The molecule has 0 fully saturated rings. The molecule has 0 aliphatic carbocycles. The zero-order valence-electron chi connectivity index (χ0n) is 9.79. The molecule has 1 unspecified atom stereocenters. The van der Waals surface area contributed by atoms with Crippen molar-refractivity contribution < 1.29 is 14.3 Å². The van der Waals surface area contributed by atoms with E-state index in [2.05, 4.69) is 11.9 Å². The van der Waals surface area contributed by atoms with Crippen molar-refractivity contribution in [2.45, 2.75) is 45.8 Å². The van der Waals surface area contributed by atoms with Crippen molar-refractivity contribution in [3.05, 3.63) is 12.7 Å². The number of ketones is 1. The van der Waals surface area contributed by atoms with Gasteiger partial charge in [0.2, 0.25) is 0 Å². The lowest BCUT2D eigenvalue weighted by atomic mass is 10.1. The SMILES string of the molecule is C=CCC(=O)C(C)NC(=O)OC(C)(C)C. The Balaban J connectivity index is 4.07. The van der Waals surface area contributed by atoms with Crippen molar-refractivity contribution in [3.63, 3.8) is 0 Å². The second kappa shape index (κ2) is 5.53. The van der Waals surface area contributed by atoms with Crippen LogP contribution in [0, 0.1) is 0 Å². The predicted octanol–water partition coefficient (Wildman–Crippen LogP) is 2.04. The monoisotopic (exact) mass is 213 g/mol. The minimum atomic E-state index is -0.576. The van der Waals surface area contributed by atoms with Gasteiger partial charge in [0.15, 0.2) is 5.78 Å². The molecule has 0 rings (SSSR count). The minimum absolute atomic E-state index is 0.0872. The third-order valence-corrected chi connectivity index (χ3v) is 1.56. The molecule has 1 N–H and O–H groups in total. The lowest BCUT2D eigenvalue weighted by Crippen LogP contribution is -2.41. The van der Waals surface area contributed by atoms with Crippen molar-refractivity contribution in [2.24, 2.45) is 0 Å². The number of hydrogen-bond acceptors (Lipinski definition) is 3. The number of carbonyl (C=O) groups is 2. The Bertz CT molecular complexity index is 253. The molecular formula is C11H19NO3. The van der Waals surface area contributed by atoms with Gasteiger partial charge in [0, 0.05) is 6.42 Å². The Morgan fingerprint density at radius 2 is 2.00 bits per heavy atom. The maximum absolute atomic E-state index is 11.3. The Hall–Kier alpha value is -1.32. The highest BCUT2D eigenvalue weighted by molar-refractivity contribution is 5.87. The number of carbonyl (C=O) groups excluding carboxylic acids is 2. The van der Waals surface area contributed by atoms with Crippen LogP contribution >= 0.6 is 0 Å². The first-order valence-corrected chi connectivity index (χ1v) is 4.89. The molecule has 15 heavy (non-hydrogen) atoms. The minimum Gasteiger partial charge on any atom is -0.444 e. The molecule has 4 heteroatoms. The van der Waals surface area contributed by atoms with E-state index < -0.39 is 17.7 Å². The molecular weight excluding hydrogens is 194 g/mol. The second-order valence-corrected chi connectivity index (χ2v) is 4.33. The van der Waals surface area contributed by atoms with Crippen molar-refractivity contribution >= 4 is 11.9 Å². The summed E-state index contributed by atoms with van der Waals surface area (Å²) >= 11 is 0. The van der Waals surface area contributed by atoms with Gasteiger partial charge in [0.25, 0.3) is 0 Å². The van der Waals surface area contributed by atoms with Crippen LogP contribution in [0.3, 0.4) is 0 Å². The van der Waals surface area contributed by atoms with Gasteiger partial charge in [-0.05, 0) is 27.7 Å². The first-order chi connectivity index (χ1) is 6.76. The zero-order valence-corrected chi connectivity index (χ0v) is 9.79. The molecule has 4 nitrogen and oxygen atoms in total. The number of ether oxygens (including phenoxy) is 1. The topological polar surface area (TPSA) is 55.4 Å². The van der Waals surface area contributed by atoms with Crippen LogP contribution in [-0.4, -0.2) is 23.5 Å². The predicted molar refractivity (Wildman–Crippen MR) is 58.7 cm³/mol. The van der Waals surface area contributed by atoms with Crippen LogP contribution in [0.25, 0.3) is 0 Å². The maximum atomic E-state index is 11.3. The largest absolute Gasteiger partial charge is 0.444 e. The number of allylic oxidation sites excluding steroid dienone is 1. The van der Waals surface area contributed by atoms with Gasteiger partial charge in [-0.25, -0.2) is 4.79 Å². The molecule has 0 spiro atoms. The van der Waals surface area contributed by atoms with E-state index in [9.17, 15) is 9.59 Å².